The average Bonchev–Trinajstić information content (AvgIpc) is 2.77. The number of rotatable bonds is 1. The third kappa shape index (κ3) is 1.84. The van der Waals surface area contributed by atoms with Gasteiger partial charge < -0.3 is 4.98 Å². The van der Waals surface area contributed by atoms with Gasteiger partial charge in [-0.2, -0.15) is 11.8 Å². The number of thioether (sulfide) groups is 1. The molecule has 2 aromatic rings. The van der Waals surface area contributed by atoms with Gasteiger partial charge >= 0.3 is 0 Å². The summed E-state index contributed by atoms with van der Waals surface area (Å²) in [6, 6.07) is 1.75. The summed E-state index contributed by atoms with van der Waals surface area (Å²) < 4.78 is 0. The Bertz CT molecular complexity index is 638. The van der Waals surface area contributed by atoms with E-state index in [1.165, 1.54) is 0 Å². The van der Waals surface area contributed by atoms with Gasteiger partial charge in [-0.15, -0.1) is 0 Å². The van der Waals surface area contributed by atoms with Gasteiger partial charge in [-0.05, 0) is 13.0 Å². The fourth-order valence-electron chi connectivity index (χ4n) is 1.77. The van der Waals surface area contributed by atoms with E-state index in [4.69, 9.17) is 0 Å². The van der Waals surface area contributed by atoms with E-state index in [0.29, 0.717) is 17.3 Å². The van der Waals surface area contributed by atoms with Gasteiger partial charge in [-0.3, -0.25) is 4.79 Å². The lowest BCUT2D eigenvalue weighted by Gasteiger charge is -2.03. The number of hydrogen-bond acceptors (Lipinski definition) is 5. The zero-order valence-electron chi connectivity index (χ0n) is 9.23. The van der Waals surface area contributed by atoms with E-state index in [-0.39, 0.29) is 5.56 Å². The van der Waals surface area contributed by atoms with Crippen molar-refractivity contribution in [2.45, 2.75) is 18.4 Å². The number of hydrogen-bond donors (Lipinski definition) is 1. The Morgan fingerprint density at radius 2 is 2.24 bits per heavy atom. The van der Waals surface area contributed by atoms with E-state index >= 15 is 0 Å². The molecule has 0 saturated carbocycles. The molecule has 0 amide bonds. The molecule has 6 heteroatoms. The topological polar surface area (TPSA) is 71.5 Å². The van der Waals surface area contributed by atoms with Crippen molar-refractivity contribution in [3.8, 4) is 11.5 Å². The zero-order valence-corrected chi connectivity index (χ0v) is 10.0. The van der Waals surface area contributed by atoms with Crippen LogP contribution in [0.2, 0.25) is 0 Å². The van der Waals surface area contributed by atoms with Crippen LogP contribution in [0.5, 0.6) is 0 Å². The number of aryl methyl sites for hydroxylation is 1. The fraction of sp³-hybridized carbons (Fsp3) is 0.273. The average molecular weight is 246 g/mol. The molecular weight excluding hydrogens is 236 g/mol. The molecule has 0 fully saturated rings. The summed E-state index contributed by atoms with van der Waals surface area (Å²) in [4.78, 5) is 27.4. The van der Waals surface area contributed by atoms with Crippen LogP contribution >= 0.6 is 11.8 Å². The summed E-state index contributed by atoms with van der Waals surface area (Å²) in [5.41, 5.74) is 2.29. The lowest BCUT2D eigenvalue weighted by Crippen LogP contribution is -2.15. The third-order valence-corrected chi connectivity index (χ3v) is 3.58. The molecule has 1 N–H and O–H groups in total. The smallest absolute Gasteiger partial charge is 0.255 e. The van der Waals surface area contributed by atoms with E-state index in [9.17, 15) is 4.79 Å². The van der Waals surface area contributed by atoms with Gasteiger partial charge in [0.2, 0.25) is 0 Å². The highest BCUT2D eigenvalue weighted by atomic mass is 32.2. The maximum atomic E-state index is 11.8. The predicted octanol–water partition coefficient (Wildman–Crippen LogP) is 1.28. The van der Waals surface area contributed by atoms with Crippen LogP contribution in [0.1, 0.15) is 17.1 Å². The maximum Gasteiger partial charge on any atom is 0.255 e. The zero-order chi connectivity index (χ0) is 11.8. The molecule has 0 aliphatic carbocycles. The van der Waals surface area contributed by atoms with Crippen LogP contribution in [0.25, 0.3) is 11.5 Å². The van der Waals surface area contributed by atoms with Crippen LogP contribution in [0, 0.1) is 6.92 Å². The third-order valence-electron chi connectivity index (χ3n) is 2.60. The Kier molecular flexibility index (Phi) is 2.44. The lowest BCUT2D eigenvalue weighted by molar-refractivity contribution is 0.993. The molecule has 0 bridgehead atoms. The van der Waals surface area contributed by atoms with Crippen molar-refractivity contribution in [3.05, 3.63) is 39.7 Å². The van der Waals surface area contributed by atoms with Gasteiger partial charge in [0.15, 0.2) is 5.82 Å². The van der Waals surface area contributed by atoms with Gasteiger partial charge in [-0.25, -0.2) is 15.0 Å². The minimum atomic E-state index is -0.0498. The van der Waals surface area contributed by atoms with E-state index in [1.54, 1.807) is 24.0 Å². The summed E-state index contributed by atoms with van der Waals surface area (Å²) >= 11 is 1.71. The van der Waals surface area contributed by atoms with Crippen LogP contribution in [0.4, 0.5) is 0 Å². The molecule has 0 saturated heterocycles. The Morgan fingerprint density at radius 3 is 3.06 bits per heavy atom. The van der Waals surface area contributed by atoms with Crippen LogP contribution < -0.4 is 5.56 Å². The Hall–Kier alpha value is -1.69. The number of aromatic amines is 1. The second kappa shape index (κ2) is 3.96. The molecule has 0 unspecified atom stereocenters. The number of H-pyrrole nitrogens is 1. The van der Waals surface area contributed by atoms with Crippen LogP contribution in [0.15, 0.2) is 17.1 Å². The quantitative estimate of drug-likeness (QED) is 0.820. The minimum Gasteiger partial charge on any atom is -0.305 e. The van der Waals surface area contributed by atoms with Crippen molar-refractivity contribution in [3.63, 3.8) is 0 Å². The highest BCUT2D eigenvalue weighted by molar-refractivity contribution is 7.98. The molecule has 0 radical (unpaired) electrons. The molecule has 86 valence electrons. The molecule has 2 aromatic heterocycles. The monoisotopic (exact) mass is 246 g/mol. The first-order chi connectivity index (χ1) is 8.24. The Morgan fingerprint density at radius 1 is 1.35 bits per heavy atom. The van der Waals surface area contributed by atoms with Crippen LogP contribution in [0.3, 0.4) is 0 Å². The molecule has 0 aromatic carbocycles. The molecule has 1 aliphatic rings. The van der Waals surface area contributed by atoms with Crippen molar-refractivity contribution in [2.24, 2.45) is 0 Å². The second-order valence-electron chi connectivity index (χ2n) is 3.82. The van der Waals surface area contributed by atoms with Crippen molar-refractivity contribution in [2.75, 3.05) is 0 Å². The van der Waals surface area contributed by atoms with E-state index in [2.05, 4.69) is 19.9 Å². The number of nitrogens with one attached hydrogen (secondary N) is 1. The standard InChI is InChI=1S/C11H10N4OS/c1-6-12-3-2-8(13-6)10-14-9-5-17-4-7(9)11(16)15-10/h2-3H,4-5H2,1H3,(H,14,15,16). The minimum absolute atomic E-state index is 0.0498. The summed E-state index contributed by atoms with van der Waals surface area (Å²) in [6.45, 7) is 1.81. The molecule has 3 rings (SSSR count). The van der Waals surface area contributed by atoms with E-state index < -0.39 is 0 Å². The number of fused-ring (bicyclic) bond motifs is 1. The SMILES string of the molecule is Cc1nccc(-c2nc3c(c(=O)[nH]2)CSC3)n1. The molecule has 17 heavy (non-hydrogen) atoms. The van der Waals surface area contributed by atoms with Crippen LogP contribution in [-0.2, 0) is 11.5 Å². The molecule has 3 heterocycles. The predicted molar refractivity (Wildman–Crippen MR) is 65.6 cm³/mol. The second-order valence-corrected chi connectivity index (χ2v) is 4.81. The summed E-state index contributed by atoms with van der Waals surface area (Å²) in [5.74, 6) is 2.75. The Labute approximate surface area is 102 Å². The lowest BCUT2D eigenvalue weighted by atomic mass is 10.2. The van der Waals surface area contributed by atoms with Crippen molar-refractivity contribution >= 4 is 11.8 Å². The molecule has 0 atom stereocenters. The summed E-state index contributed by atoms with van der Waals surface area (Å²) in [5, 5.41) is 0. The van der Waals surface area contributed by atoms with Crippen molar-refractivity contribution < 1.29 is 0 Å². The summed E-state index contributed by atoms with van der Waals surface area (Å²) in [7, 11) is 0. The Balaban J connectivity index is 2.16. The molecule has 0 spiro atoms. The van der Waals surface area contributed by atoms with Crippen molar-refractivity contribution in [1.82, 2.24) is 19.9 Å². The highest BCUT2D eigenvalue weighted by Gasteiger charge is 2.18. The fourth-order valence-corrected chi connectivity index (χ4v) is 2.81. The summed E-state index contributed by atoms with van der Waals surface area (Å²) in [6.07, 6.45) is 1.67. The largest absolute Gasteiger partial charge is 0.305 e. The molecular formula is C11H10N4OS. The van der Waals surface area contributed by atoms with Crippen molar-refractivity contribution in [1.29, 1.82) is 0 Å². The normalized spacial score (nSPS) is 13.7. The number of aromatic nitrogens is 4. The highest BCUT2D eigenvalue weighted by Crippen LogP contribution is 2.26. The molecule has 1 aliphatic heterocycles. The van der Waals surface area contributed by atoms with Gasteiger partial charge in [-0.1, -0.05) is 0 Å². The molecule has 5 nitrogen and oxygen atoms in total. The van der Waals surface area contributed by atoms with Gasteiger partial charge in [0.05, 0.1) is 5.69 Å². The maximum absolute atomic E-state index is 11.8. The van der Waals surface area contributed by atoms with Gasteiger partial charge in [0, 0.05) is 23.3 Å². The first-order valence-electron chi connectivity index (χ1n) is 5.24. The first-order valence-corrected chi connectivity index (χ1v) is 6.39. The van der Waals surface area contributed by atoms with Crippen LogP contribution in [-0.4, -0.2) is 19.9 Å². The van der Waals surface area contributed by atoms with E-state index in [0.717, 1.165) is 22.8 Å². The number of nitrogens with zero attached hydrogens (tertiary/aromatic N) is 3. The van der Waals surface area contributed by atoms with Gasteiger partial charge in [0.1, 0.15) is 11.5 Å². The van der Waals surface area contributed by atoms with E-state index in [1.807, 2.05) is 6.92 Å². The first kappa shape index (κ1) is 10.5. The van der Waals surface area contributed by atoms with Gasteiger partial charge in [0.25, 0.3) is 5.56 Å².